The number of nitrogens with two attached hydrogens (primary N) is 1. The maximum atomic E-state index is 6.06. The van der Waals surface area contributed by atoms with Gasteiger partial charge in [0.2, 0.25) is 5.95 Å². The molecule has 1 aromatic heterocycles. The van der Waals surface area contributed by atoms with Gasteiger partial charge in [-0.05, 0) is 30.7 Å². The van der Waals surface area contributed by atoms with E-state index >= 15 is 0 Å². The molecule has 0 fully saturated rings. The van der Waals surface area contributed by atoms with Gasteiger partial charge < -0.3 is 5.73 Å². The van der Waals surface area contributed by atoms with Crippen molar-refractivity contribution >= 4 is 41.3 Å². The van der Waals surface area contributed by atoms with Crippen LogP contribution in [0.25, 0.3) is 12.2 Å². The van der Waals surface area contributed by atoms with Gasteiger partial charge in [-0.3, -0.25) is 0 Å². The van der Waals surface area contributed by atoms with Crippen LogP contribution in [0.3, 0.4) is 0 Å². The molecule has 6 heteroatoms. The first-order valence-electron chi connectivity index (χ1n) is 5.16. The van der Waals surface area contributed by atoms with Crippen LogP contribution in [0.5, 0.6) is 0 Å². The number of nitrogen functional groups attached to an aromatic ring is 1. The molecule has 18 heavy (non-hydrogen) atoms. The summed E-state index contributed by atoms with van der Waals surface area (Å²) in [7, 11) is 0. The van der Waals surface area contributed by atoms with Crippen LogP contribution in [0.1, 0.15) is 17.0 Å². The van der Waals surface area contributed by atoms with Gasteiger partial charge in [0.1, 0.15) is 0 Å². The Bertz CT molecular complexity index is 611. The summed E-state index contributed by atoms with van der Waals surface area (Å²) in [5.74, 6) is 0.141. The number of nitrogens with zero attached hydrogens (tertiary/aromatic N) is 3. The summed E-state index contributed by atoms with van der Waals surface area (Å²) >= 11 is 11.9. The first kappa shape index (κ1) is 12.8. The molecule has 0 atom stereocenters. The highest BCUT2D eigenvalue weighted by Crippen LogP contribution is 2.22. The maximum Gasteiger partial charge on any atom is 0.240 e. The third-order valence-corrected chi connectivity index (χ3v) is 2.85. The summed E-state index contributed by atoms with van der Waals surface area (Å²) in [5, 5.41) is 8.72. The highest BCUT2D eigenvalue weighted by molar-refractivity contribution is 6.35. The van der Waals surface area contributed by atoms with Crippen LogP contribution >= 0.6 is 23.2 Å². The fraction of sp³-hybridized carbons (Fsp3) is 0.0833. The summed E-state index contributed by atoms with van der Waals surface area (Å²) in [6.45, 7) is 1.81. The first-order valence-corrected chi connectivity index (χ1v) is 5.92. The lowest BCUT2D eigenvalue weighted by Gasteiger charge is -2.00. The van der Waals surface area contributed by atoms with E-state index in [-0.39, 0.29) is 5.95 Å². The zero-order valence-corrected chi connectivity index (χ0v) is 11.1. The molecule has 0 aliphatic heterocycles. The van der Waals surface area contributed by atoms with Crippen molar-refractivity contribution in [2.75, 3.05) is 5.73 Å². The van der Waals surface area contributed by atoms with Crippen LogP contribution in [0.4, 0.5) is 5.95 Å². The zero-order chi connectivity index (χ0) is 13.1. The lowest BCUT2D eigenvalue weighted by molar-refractivity contribution is 0.932. The van der Waals surface area contributed by atoms with E-state index in [1.807, 2.05) is 19.1 Å². The van der Waals surface area contributed by atoms with Gasteiger partial charge in [0.05, 0.1) is 11.4 Å². The van der Waals surface area contributed by atoms with Gasteiger partial charge in [0.15, 0.2) is 0 Å². The molecule has 2 N–H and O–H groups in total. The molecule has 0 radical (unpaired) electrons. The van der Waals surface area contributed by atoms with Crippen LogP contribution in [-0.2, 0) is 0 Å². The number of benzene rings is 1. The third-order valence-electron chi connectivity index (χ3n) is 2.29. The first-order chi connectivity index (χ1) is 8.56. The number of halogens is 2. The van der Waals surface area contributed by atoms with E-state index in [4.69, 9.17) is 28.9 Å². The van der Waals surface area contributed by atoms with Crippen molar-refractivity contribution < 1.29 is 0 Å². The molecule has 0 unspecified atom stereocenters. The van der Waals surface area contributed by atoms with Crippen molar-refractivity contribution in [2.24, 2.45) is 0 Å². The molecule has 0 amide bonds. The van der Waals surface area contributed by atoms with Gasteiger partial charge in [-0.25, -0.2) is 4.98 Å². The van der Waals surface area contributed by atoms with Crippen molar-refractivity contribution in [1.29, 1.82) is 0 Å². The molecule has 0 spiro atoms. The van der Waals surface area contributed by atoms with E-state index in [1.54, 1.807) is 18.2 Å². The van der Waals surface area contributed by atoms with Crippen molar-refractivity contribution in [2.45, 2.75) is 6.92 Å². The maximum absolute atomic E-state index is 6.06. The Balaban J connectivity index is 2.32. The quantitative estimate of drug-likeness (QED) is 0.917. The molecule has 2 rings (SSSR count). The minimum atomic E-state index is 0.141. The Morgan fingerprint density at radius 1 is 1.17 bits per heavy atom. The largest absolute Gasteiger partial charge is 0.366 e. The Kier molecular flexibility index (Phi) is 3.79. The van der Waals surface area contributed by atoms with E-state index < -0.39 is 0 Å². The average molecular weight is 281 g/mol. The Labute approximate surface area is 114 Å². The second kappa shape index (κ2) is 5.33. The summed E-state index contributed by atoms with van der Waals surface area (Å²) < 4.78 is 0. The fourth-order valence-corrected chi connectivity index (χ4v) is 1.84. The van der Waals surface area contributed by atoms with Crippen molar-refractivity contribution in [3.8, 4) is 0 Å². The van der Waals surface area contributed by atoms with Crippen LogP contribution in [0.15, 0.2) is 18.2 Å². The normalized spacial score (nSPS) is 11.1. The molecular weight excluding hydrogens is 271 g/mol. The van der Waals surface area contributed by atoms with Gasteiger partial charge >= 0.3 is 0 Å². The summed E-state index contributed by atoms with van der Waals surface area (Å²) in [4.78, 5) is 4.08. The Morgan fingerprint density at radius 3 is 2.67 bits per heavy atom. The van der Waals surface area contributed by atoms with Crippen LogP contribution in [-0.4, -0.2) is 15.2 Å². The molecule has 0 aliphatic rings. The van der Waals surface area contributed by atoms with Crippen LogP contribution in [0, 0.1) is 6.92 Å². The van der Waals surface area contributed by atoms with E-state index in [1.165, 1.54) is 0 Å². The van der Waals surface area contributed by atoms with Crippen molar-refractivity contribution in [1.82, 2.24) is 15.2 Å². The SMILES string of the molecule is Cc1nnc(N)nc1/C=C\c1ccc(Cl)cc1Cl. The topological polar surface area (TPSA) is 64.7 Å². The fourth-order valence-electron chi connectivity index (χ4n) is 1.37. The standard InChI is InChI=1S/C12H10Cl2N4/c1-7-11(16-12(15)18-17-7)5-3-8-2-4-9(13)6-10(8)14/h2-6H,1H3,(H2,15,16,18)/b5-3-. The lowest BCUT2D eigenvalue weighted by atomic mass is 10.2. The third kappa shape index (κ3) is 2.97. The summed E-state index contributed by atoms with van der Waals surface area (Å²) in [5.41, 5.74) is 7.69. The highest BCUT2D eigenvalue weighted by atomic mass is 35.5. The number of hydrogen-bond donors (Lipinski definition) is 1. The van der Waals surface area contributed by atoms with Gasteiger partial charge in [0.25, 0.3) is 0 Å². The van der Waals surface area contributed by atoms with Gasteiger partial charge in [-0.2, -0.15) is 0 Å². The molecule has 1 aromatic carbocycles. The molecule has 92 valence electrons. The van der Waals surface area contributed by atoms with E-state index in [9.17, 15) is 0 Å². The molecule has 0 saturated heterocycles. The van der Waals surface area contributed by atoms with Gasteiger partial charge in [-0.1, -0.05) is 35.3 Å². The second-order valence-corrected chi connectivity index (χ2v) is 4.48. The monoisotopic (exact) mass is 280 g/mol. The molecule has 1 heterocycles. The number of rotatable bonds is 2. The minimum absolute atomic E-state index is 0.141. The summed E-state index contributed by atoms with van der Waals surface area (Å²) in [6, 6.07) is 5.28. The minimum Gasteiger partial charge on any atom is -0.366 e. The highest BCUT2D eigenvalue weighted by Gasteiger charge is 2.01. The Hall–Kier alpha value is -1.65. The van der Waals surface area contributed by atoms with E-state index in [0.29, 0.717) is 21.4 Å². The molecule has 2 aromatic rings. The average Bonchev–Trinajstić information content (AvgIpc) is 2.32. The lowest BCUT2D eigenvalue weighted by Crippen LogP contribution is -2.01. The van der Waals surface area contributed by atoms with Crippen LogP contribution in [0.2, 0.25) is 10.0 Å². The smallest absolute Gasteiger partial charge is 0.240 e. The van der Waals surface area contributed by atoms with Crippen LogP contribution < -0.4 is 5.73 Å². The van der Waals surface area contributed by atoms with Crippen molar-refractivity contribution in [3.63, 3.8) is 0 Å². The molecule has 4 nitrogen and oxygen atoms in total. The second-order valence-electron chi connectivity index (χ2n) is 3.64. The number of hydrogen-bond acceptors (Lipinski definition) is 4. The number of aryl methyl sites for hydroxylation is 1. The predicted molar refractivity (Wildman–Crippen MR) is 74.4 cm³/mol. The number of anilines is 1. The molecule has 0 saturated carbocycles. The summed E-state index contributed by atoms with van der Waals surface area (Å²) in [6.07, 6.45) is 3.62. The predicted octanol–water partition coefficient (Wildman–Crippen LogP) is 3.24. The molecule has 0 bridgehead atoms. The zero-order valence-electron chi connectivity index (χ0n) is 9.56. The number of aromatic nitrogens is 3. The molecular formula is C12H10Cl2N4. The van der Waals surface area contributed by atoms with Gasteiger partial charge in [0, 0.05) is 10.0 Å². The Morgan fingerprint density at radius 2 is 1.94 bits per heavy atom. The van der Waals surface area contributed by atoms with E-state index in [0.717, 1.165) is 5.56 Å². The van der Waals surface area contributed by atoms with E-state index in [2.05, 4.69) is 15.2 Å². The molecule has 0 aliphatic carbocycles. The van der Waals surface area contributed by atoms with Gasteiger partial charge in [-0.15, -0.1) is 10.2 Å². The van der Waals surface area contributed by atoms with Crippen molar-refractivity contribution in [3.05, 3.63) is 45.2 Å².